The van der Waals surface area contributed by atoms with E-state index in [2.05, 4.69) is 0 Å². The summed E-state index contributed by atoms with van der Waals surface area (Å²) in [5.41, 5.74) is 7.26. The maximum absolute atomic E-state index is 11.1. The molecule has 0 amide bonds. The van der Waals surface area contributed by atoms with Crippen LogP contribution in [0.4, 0.5) is 0 Å². The van der Waals surface area contributed by atoms with Crippen molar-refractivity contribution in [3.63, 3.8) is 0 Å². The molecule has 3 nitrogen and oxygen atoms in total. The van der Waals surface area contributed by atoms with Crippen LogP contribution >= 0.6 is 0 Å². The highest BCUT2D eigenvalue weighted by Crippen LogP contribution is 2.25. The van der Waals surface area contributed by atoms with E-state index in [0.717, 1.165) is 16.5 Å². The summed E-state index contributed by atoms with van der Waals surface area (Å²) in [6.45, 7) is 1.48. The number of furan rings is 1. The van der Waals surface area contributed by atoms with Crippen molar-refractivity contribution >= 4 is 16.8 Å². The van der Waals surface area contributed by atoms with Gasteiger partial charge in [0, 0.05) is 10.9 Å². The van der Waals surface area contributed by atoms with E-state index in [1.54, 1.807) is 6.26 Å². The third-order valence-corrected chi connectivity index (χ3v) is 2.28. The third-order valence-electron chi connectivity index (χ3n) is 2.28. The summed E-state index contributed by atoms with van der Waals surface area (Å²) in [5, 5.41) is 0.912. The molecule has 0 bridgehead atoms. The number of para-hydroxylation sites is 1. The van der Waals surface area contributed by atoms with Crippen LogP contribution in [0, 0.1) is 0 Å². The van der Waals surface area contributed by atoms with Crippen LogP contribution in [0.3, 0.4) is 0 Å². The van der Waals surface area contributed by atoms with E-state index >= 15 is 0 Å². The minimum Gasteiger partial charge on any atom is -0.464 e. The van der Waals surface area contributed by atoms with Gasteiger partial charge in [0.1, 0.15) is 5.58 Å². The van der Waals surface area contributed by atoms with Crippen molar-refractivity contribution in [1.82, 2.24) is 0 Å². The fraction of sp³-hybridized carbons (Fsp3) is 0.182. The summed E-state index contributed by atoms with van der Waals surface area (Å²) >= 11 is 0. The van der Waals surface area contributed by atoms with E-state index in [-0.39, 0.29) is 5.78 Å². The van der Waals surface area contributed by atoms with E-state index in [0.29, 0.717) is 0 Å². The fourth-order valence-corrected chi connectivity index (χ4v) is 1.46. The van der Waals surface area contributed by atoms with Crippen LogP contribution < -0.4 is 5.73 Å². The van der Waals surface area contributed by atoms with E-state index in [1.165, 1.54) is 6.92 Å². The molecule has 1 atom stereocenters. The average molecular weight is 189 g/mol. The minimum absolute atomic E-state index is 0.0587. The molecule has 14 heavy (non-hydrogen) atoms. The largest absolute Gasteiger partial charge is 0.464 e. The zero-order chi connectivity index (χ0) is 10.1. The molecule has 0 aliphatic carbocycles. The highest BCUT2D eigenvalue weighted by Gasteiger charge is 2.16. The molecule has 0 radical (unpaired) electrons. The minimum atomic E-state index is -0.585. The van der Waals surface area contributed by atoms with E-state index in [4.69, 9.17) is 10.2 Å². The SMILES string of the molecule is CC(=O)C(N)c1coc2ccccc12. The van der Waals surface area contributed by atoms with Crippen molar-refractivity contribution in [3.8, 4) is 0 Å². The number of fused-ring (bicyclic) bond motifs is 1. The van der Waals surface area contributed by atoms with Crippen LogP contribution in [0.5, 0.6) is 0 Å². The zero-order valence-corrected chi connectivity index (χ0v) is 7.86. The standard InChI is InChI=1S/C11H11NO2/c1-7(13)11(12)9-6-14-10-5-3-2-4-8(9)10/h2-6,11H,12H2,1H3. The number of nitrogens with two attached hydrogens (primary N) is 1. The Morgan fingerprint density at radius 2 is 2.14 bits per heavy atom. The number of carbonyl (C=O) groups excluding carboxylic acids is 1. The number of hydrogen-bond donors (Lipinski definition) is 1. The van der Waals surface area contributed by atoms with Crippen molar-refractivity contribution in [2.24, 2.45) is 5.73 Å². The lowest BCUT2D eigenvalue weighted by atomic mass is 10.0. The van der Waals surface area contributed by atoms with Crippen molar-refractivity contribution in [3.05, 3.63) is 36.1 Å². The molecule has 2 aromatic rings. The molecular weight excluding hydrogens is 178 g/mol. The predicted molar refractivity (Wildman–Crippen MR) is 53.8 cm³/mol. The van der Waals surface area contributed by atoms with Gasteiger partial charge in [0.2, 0.25) is 0 Å². The Hall–Kier alpha value is -1.61. The summed E-state index contributed by atoms with van der Waals surface area (Å²) in [6, 6.07) is 6.95. The van der Waals surface area contributed by atoms with Gasteiger partial charge >= 0.3 is 0 Å². The maximum Gasteiger partial charge on any atom is 0.151 e. The average Bonchev–Trinajstić information content (AvgIpc) is 2.60. The molecule has 1 aromatic heterocycles. The van der Waals surface area contributed by atoms with Gasteiger partial charge in [-0.15, -0.1) is 0 Å². The topological polar surface area (TPSA) is 56.2 Å². The molecule has 72 valence electrons. The molecule has 2 N–H and O–H groups in total. The van der Waals surface area contributed by atoms with Crippen LogP contribution in [0.15, 0.2) is 34.9 Å². The lowest BCUT2D eigenvalue weighted by Gasteiger charge is -2.04. The lowest BCUT2D eigenvalue weighted by Crippen LogP contribution is -2.17. The Labute approximate surface area is 81.5 Å². The fourth-order valence-electron chi connectivity index (χ4n) is 1.46. The Morgan fingerprint density at radius 3 is 2.86 bits per heavy atom. The Kier molecular flexibility index (Phi) is 2.09. The van der Waals surface area contributed by atoms with Crippen molar-refractivity contribution in [1.29, 1.82) is 0 Å². The van der Waals surface area contributed by atoms with Gasteiger partial charge in [0.25, 0.3) is 0 Å². The first-order chi connectivity index (χ1) is 6.70. The molecule has 0 fully saturated rings. The van der Waals surface area contributed by atoms with Gasteiger partial charge in [-0.25, -0.2) is 0 Å². The highest BCUT2D eigenvalue weighted by molar-refractivity contribution is 5.90. The molecule has 0 aliphatic heterocycles. The monoisotopic (exact) mass is 189 g/mol. The third kappa shape index (κ3) is 1.32. The molecule has 3 heteroatoms. The van der Waals surface area contributed by atoms with Crippen LogP contribution in [-0.4, -0.2) is 5.78 Å². The number of carbonyl (C=O) groups is 1. The molecule has 1 aromatic carbocycles. The number of hydrogen-bond acceptors (Lipinski definition) is 3. The maximum atomic E-state index is 11.1. The molecule has 0 saturated heterocycles. The number of rotatable bonds is 2. The van der Waals surface area contributed by atoms with Crippen LogP contribution in [0.25, 0.3) is 11.0 Å². The first kappa shape index (κ1) is 8.97. The van der Waals surface area contributed by atoms with Gasteiger partial charge in [-0.05, 0) is 13.0 Å². The second-order valence-corrected chi connectivity index (χ2v) is 3.28. The van der Waals surface area contributed by atoms with Gasteiger partial charge in [0.15, 0.2) is 5.78 Å². The first-order valence-electron chi connectivity index (χ1n) is 4.42. The second kappa shape index (κ2) is 3.27. The van der Waals surface area contributed by atoms with E-state index in [1.807, 2.05) is 24.3 Å². The predicted octanol–water partition coefficient (Wildman–Crippen LogP) is 2.02. The van der Waals surface area contributed by atoms with Crippen molar-refractivity contribution < 1.29 is 9.21 Å². The molecule has 2 rings (SSSR count). The Morgan fingerprint density at radius 1 is 1.43 bits per heavy atom. The summed E-state index contributed by atoms with van der Waals surface area (Å²) in [4.78, 5) is 11.1. The number of ketones is 1. The normalized spacial score (nSPS) is 13.0. The van der Waals surface area contributed by atoms with E-state index in [9.17, 15) is 4.79 Å². The second-order valence-electron chi connectivity index (χ2n) is 3.28. The van der Waals surface area contributed by atoms with Gasteiger partial charge in [0.05, 0.1) is 12.3 Å². The zero-order valence-electron chi connectivity index (χ0n) is 7.86. The van der Waals surface area contributed by atoms with Gasteiger partial charge in [-0.2, -0.15) is 0 Å². The summed E-state index contributed by atoms with van der Waals surface area (Å²) in [6.07, 6.45) is 1.55. The molecule has 0 saturated carbocycles. The summed E-state index contributed by atoms with van der Waals surface area (Å²) in [5.74, 6) is -0.0587. The van der Waals surface area contributed by atoms with Gasteiger partial charge in [-0.3, -0.25) is 4.79 Å². The quantitative estimate of drug-likeness (QED) is 0.786. The van der Waals surface area contributed by atoms with Crippen LogP contribution in [0.1, 0.15) is 18.5 Å². The number of benzene rings is 1. The lowest BCUT2D eigenvalue weighted by molar-refractivity contribution is -0.118. The Balaban J connectivity index is 2.58. The smallest absolute Gasteiger partial charge is 0.151 e. The van der Waals surface area contributed by atoms with Gasteiger partial charge < -0.3 is 10.2 Å². The molecular formula is C11H11NO2. The van der Waals surface area contributed by atoms with Crippen molar-refractivity contribution in [2.45, 2.75) is 13.0 Å². The highest BCUT2D eigenvalue weighted by atomic mass is 16.3. The summed E-state index contributed by atoms with van der Waals surface area (Å²) in [7, 11) is 0. The summed E-state index contributed by atoms with van der Waals surface area (Å²) < 4.78 is 5.29. The van der Waals surface area contributed by atoms with E-state index < -0.39 is 6.04 Å². The van der Waals surface area contributed by atoms with Crippen molar-refractivity contribution in [2.75, 3.05) is 0 Å². The molecule has 0 aliphatic rings. The molecule has 1 unspecified atom stereocenters. The van der Waals surface area contributed by atoms with Crippen LogP contribution in [-0.2, 0) is 4.79 Å². The van der Waals surface area contributed by atoms with Gasteiger partial charge in [-0.1, -0.05) is 18.2 Å². The van der Waals surface area contributed by atoms with Crippen LogP contribution in [0.2, 0.25) is 0 Å². The Bertz CT molecular complexity index is 473. The first-order valence-corrected chi connectivity index (χ1v) is 4.42. The molecule has 1 heterocycles. The molecule has 0 spiro atoms. The number of Topliss-reactive ketones (excluding diaryl/α,β-unsaturated/α-hetero) is 1.